The minimum atomic E-state index is -0.934. The van der Waals surface area contributed by atoms with Gasteiger partial charge in [0.1, 0.15) is 5.54 Å². The van der Waals surface area contributed by atoms with Crippen LogP contribution >= 0.6 is 12.6 Å². The summed E-state index contributed by atoms with van der Waals surface area (Å²) in [5.41, 5.74) is 6.41. The van der Waals surface area contributed by atoms with Crippen molar-refractivity contribution < 1.29 is 4.79 Å². The predicted molar refractivity (Wildman–Crippen MR) is 79.1 cm³/mol. The molecule has 1 saturated heterocycles. The zero-order chi connectivity index (χ0) is 13.9. The molecule has 2 N–H and O–H groups in total. The highest BCUT2D eigenvalue weighted by Crippen LogP contribution is 2.22. The van der Waals surface area contributed by atoms with Gasteiger partial charge in [-0.25, -0.2) is 0 Å². The summed E-state index contributed by atoms with van der Waals surface area (Å²) in [5.74, 6) is 0.0130. The van der Waals surface area contributed by atoms with E-state index in [1.807, 2.05) is 17.0 Å². The first-order chi connectivity index (χ1) is 9.01. The molecule has 1 aliphatic rings. The predicted octanol–water partition coefficient (Wildman–Crippen LogP) is 1.26. The molecule has 1 aliphatic heterocycles. The van der Waals surface area contributed by atoms with Gasteiger partial charge in [-0.1, -0.05) is 0 Å². The second-order valence-electron chi connectivity index (χ2n) is 5.36. The Bertz CT molecular complexity index is 430. The van der Waals surface area contributed by atoms with Crippen LogP contribution < -0.4 is 5.73 Å². The lowest BCUT2D eigenvalue weighted by Gasteiger charge is -2.33. The molecule has 2 rings (SSSR count). The third-order valence-corrected chi connectivity index (χ3v) is 4.44. The van der Waals surface area contributed by atoms with E-state index in [0.717, 1.165) is 31.5 Å². The minimum absolute atomic E-state index is 0.0130. The first-order valence-corrected chi connectivity index (χ1v) is 7.18. The first-order valence-electron chi connectivity index (χ1n) is 6.67. The number of aromatic nitrogens is 1. The number of carbonyl (C=O) groups is 1. The van der Waals surface area contributed by atoms with Crippen molar-refractivity contribution in [2.45, 2.75) is 37.0 Å². The molecule has 4 nitrogen and oxygen atoms in total. The van der Waals surface area contributed by atoms with Crippen LogP contribution in [0.25, 0.3) is 0 Å². The molecule has 0 radical (unpaired) electrons. The molecule has 0 spiro atoms. The van der Waals surface area contributed by atoms with Crippen molar-refractivity contribution in [1.29, 1.82) is 0 Å². The van der Waals surface area contributed by atoms with E-state index in [0.29, 0.717) is 6.42 Å². The van der Waals surface area contributed by atoms with Crippen molar-refractivity contribution in [3.05, 3.63) is 30.1 Å². The van der Waals surface area contributed by atoms with Gasteiger partial charge in [-0.2, -0.15) is 12.6 Å². The Morgan fingerprint density at radius 3 is 2.63 bits per heavy atom. The lowest BCUT2D eigenvalue weighted by atomic mass is 9.92. The van der Waals surface area contributed by atoms with E-state index in [9.17, 15) is 4.79 Å². The van der Waals surface area contributed by atoms with Crippen molar-refractivity contribution in [3.8, 4) is 0 Å². The average Bonchev–Trinajstić information content (AvgIpc) is 2.92. The van der Waals surface area contributed by atoms with Crippen molar-refractivity contribution in [2.75, 3.05) is 13.1 Å². The van der Waals surface area contributed by atoms with Crippen molar-refractivity contribution in [2.24, 2.45) is 5.73 Å². The summed E-state index contributed by atoms with van der Waals surface area (Å²) in [6.45, 7) is 3.43. The van der Waals surface area contributed by atoms with E-state index >= 15 is 0 Å². The molecule has 2 unspecified atom stereocenters. The maximum Gasteiger partial charge on any atom is 0.243 e. The number of thiol groups is 1. The number of pyridine rings is 1. The van der Waals surface area contributed by atoms with Gasteiger partial charge in [0.05, 0.1) is 0 Å². The van der Waals surface area contributed by atoms with Gasteiger partial charge in [-0.3, -0.25) is 9.78 Å². The van der Waals surface area contributed by atoms with E-state index in [-0.39, 0.29) is 11.2 Å². The molecule has 0 saturated carbocycles. The second kappa shape index (κ2) is 5.92. The van der Waals surface area contributed by atoms with Crippen LogP contribution in [-0.4, -0.2) is 39.7 Å². The van der Waals surface area contributed by atoms with Gasteiger partial charge in [0, 0.05) is 30.7 Å². The van der Waals surface area contributed by atoms with Gasteiger partial charge in [0.15, 0.2) is 0 Å². The van der Waals surface area contributed by atoms with E-state index in [1.54, 1.807) is 19.3 Å². The average molecular weight is 279 g/mol. The maximum atomic E-state index is 12.4. The van der Waals surface area contributed by atoms with Crippen LogP contribution in [0.4, 0.5) is 0 Å². The summed E-state index contributed by atoms with van der Waals surface area (Å²) in [7, 11) is 0. The Balaban J connectivity index is 2.03. The van der Waals surface area contributed by atoms with Crippen molar-refractivity contribution in [1.82, 2.24) is 9.88 Å². The number of amides is 1. The minimum Gasteiger partial charge on any atom is -0.341 e. The molecule has 104 valence electrons. The third kappa shape index (κ3) is 3.28. The summed E-state index contributed by atoms with van der Waals surface area (Å²) in [6, 6.07) is 3.86. The highest BCUT2D eigenvalue weighted by molar-refractivity contribution is 7.81. The fourth-order valence-electron chi connectivity index (χ4n) is 2.36. The standard InChI is InChI=1S/C14H21N3OS/c1-14(15,13(18)17-8-2-3-9-17)12(19)10-11-4-6-16-7-5-11/h4-7,12,19H,2-3,8-10,15H2,1H3. The normalized spacial score (nSPS) is 20.1. The van der Waals surface area contributed by atoms with Crippen LogP contribution in [0.2, 0.25) is 0 Å². The van der Waals surface area contributed by atoms with Gasteiger partial charge in [0.25, 0.3) is 0 Å². The van der Waals surface area contributed by atoms with E-state index in [2.05, 4.69) is 17.6 Å². The number of likely N-dealkylation sites (tertiary alicyclic amines) is 1. The maximum absolute atomic E-state index is 12.4. The molecular weight excluding hydrogens is 258 g/mol. The Labute approximate surface area is 119 Å². The fourth-order valence-corrected chi connectivity index (χ4v) is 2.68. The summed E-state index contributed by atoms with van der Waals surface area (Å²) in [5, 5.41) is -0.206. The molecule has 5 heteroatoms. The molecule has 0 aromatic carbocycles. The summed E-state index contributed by atoms with van der Waals surface area (Å²) >= 11 is 4.56. The van der Waals surface area contributed by atoms with E-state index in [4.69, 9.17) is 5.73 Å². The quantitative estimate of drug-likeness (QED) is 0.816. The molecule has 1 aromatic heterocycles. The summed E-state index contributed by atoms with van der Waals surface area (Å²) < 4.78 is 0. The van der Waals surface area contributed by atoms with Gasteiger partial charge < -0.3 is 10.6 Å². The van der Waals surface area contributed by atoms with Gasteiger partial charge in [0.2, 0.25) is 5.91 Å². The second-order valence-corrected chi connectivity index (χ2v) is 5.98. The molecule has 19 heavy (non-hydrogen) atoms. The van der Waals surface area contributed by atoms with Crippen molar-refractivity contribution in [3.63, 3.8) is 0 Å². The fraction of sp³-hybridized carbons (Fsp3) is 0.571. The first kappa shape index (κ1) is 14.3. The van der Waals surface area contributed by atoms with E-state index < -0.39 is 5.54 Å². The number of nitrogens with two attached hydrogens (primary N) is 1. The molecule has 1 aromatic rings. The van der Waals surface area contributed by atoms with Crippen LogP contribution in [0.5, 0.6) is 0 Å². The third-order valence-electron chi connectivity index (χ3n) is 3.72. The zero-order valence-corrected chi connectivity index (χ0v) is 12.1. The Morgan fingerprint density at radius 2 is 2.05 bits per heavy atom. The number of carbonyl (C=O) groups excluding carboxylic acids is 1. The Kier molecular flexibility index (Phi) is 4.47. The lowest BCUT2D eigenvalue weighted by molar-refractivity contribution is -0.135. The lowest BCUT2D eigenvalue weighted by Crippen LogP contribution is -2.58. The Hall–Kier alpha value is -1.07. The number of hydrogen-bond acceptors (Lipinski definition) is 4. The topological polar surface area (TPSA) is 59.2 Å². The highest BCUT2D eigenvalue weighted by Gasteiger charge is 2.39. The van der Waals surface area contributed by atoms with Crippen molar-refractivity contribution >= 4 is 18.5 Å². The largest absolute Gasteiger partial charge is 0.341 e. The monoisotopic (exact) mass is 279 g/mol. The molecule has 0 bridgehead atoms. The Morgan fingerprint density at radius 1 is 1.47 bits per heavy atom. The SMILES string of the molecule is CC(N)(C(=O)N1CCCC1)C(S)Cc1ccncc1. The van der Waals surface area contributed by atoms with Gasteiger partial charge in [-0.15, -0.1) is 0 Å². The molecular formula is C14H21N3OS. The zero-order valence-electron chi connectivity index (χ0n) is 11.2. The molecule has 1 fully saturated rings. The molecule has 2 heterocycles. The smallest absolute Gasteiger partial charge is 0.243 e. The van der Waals surface area contributed by atoms with Gasteiger partial charge in [-0.05, 0) is 43.9 Å². The molecule has 0 aliphatic carbocycles. The van der Waals surface area contributed by atoms with Gasteiger partial charge >= 0.3 is 0 Å². The van der Waals surface area contributed by atoms with E-state index in [1.165, 1.54) is 0 Å². The van der Waals surface area contributed by atoms with Crippen LogP contribution in [0.3, 0.4) is 0 Å². The summed E-state index contributed by atoms with van der Waals surface area (Å²) in [6.07, 6.45) is 6.29. The number of rotatable bonds is 4. The highest BCUT2D eigenvalue weighted by atomic mass is 32.1. The van der Waals surface area contributed by atoms with Crippen LogP contribution in [0.1, 0.15) is 25.3 Å². The van der Waals surface area contributed by atoms with Crippen LogP contribution in [-0.2, 0) is 11.2 Å². The number of nitrogens with zero attached hydrogens (tertiary/aromatic N) is 2. The molecule has 2 atom stereocenters. The number of hydrogen-bond donors (Lipinski definition) is 2. The van der Waals surface area contributed by atoms with Crippen LogP contribution in [0, 0.1) is 0 Å². The summed E-state index contributed by atoms with van der Waals surface area (Å²) in [4.78, 5) is 18.3. The molecule has 1 amide bonds. The van der Waals surface area contributed by atoms with Crippen LogP contribution in [0.15, 0.2) is 24.5 Å².